The van der Waals surface area contributed by atoms with Gasteiger partial charge >= 0.3 is 12.0 Å². The van der Waals surface area contributed by atoms with Crippen LogP contribution in [0, 0.1) is 11.8 Å². The summed E-state index contributed by atoms with van der Waals surface area (Å²) in [6.07, 6.45) is 0.669. The third-order valence-corrected chi connectivity index (χ3v) is 4.99. The molecule has 1 atom stereocenters. The molecule has 1 aliphatic rings. The monoisotopic (exact) mass is 400 g/mol. The molecule has 0 spiro atoms. The molecule has 2 N–H and O–H groups in total. The van der Waals surface area contributed by atoms with Crippen molar-refractivity contribution in [2.45, 2.75) is 25.9 Å². The molecule has 150 valence electrons. The normalized spacial score (nSPS) is 13.6. The number of fused-ring (bicyclic) bond motifs is 1. The van der Waals surface area contributed by atoms with E-state index in [4.69, 9.17) is 9.52 Å². The zero-order valence-corrected chi connectivity index (χ0v) is 16.4. The van der Waals surface area contributed by atoms with Crippen LogP contribution in [0.4, 0.5) is 10.5 Å². The number of carbonyl (C=O) groups excluding carboxylic acids is 1. The number of urea groups is 1. The van der Waals surface area contributed by atoms with Gasteiger partial charge in [0, 0.05) is 18.5 Å². The molecule has 2 aromatic carbocycles. The number of rotatable bonds is 4. The lowest BCUT2D eigenvalue weighted by molar-refractivity contribution is 0.0660. The molecular weight excluding hydrogens is 380 g/mol. The Labute approximate surface area is 174 Å². The third-order valence-electron chi connectivity index (χ3n) is 4.99. The molecule has 2 amide bonds. The number of benzene rings is 2. The van der Waals surface area contributed by atoms with Crippen molar-refractivity contribution in [1.82, 2.24) is 5.32 Å². The van der Waals surface area contributed by atoms with Gasteiger partial charge in [-0.25, -0.2) is 9.59 Å². The van der Waals surface area contributed by atoms with Crippen LogP contribution in [0.15, 0.2) is 65.1 Å². The number of nitrogens with zero attached hydrogens (tertiary/aromatic N) is 1. The summed E-state index contributed by atoms with van der Waals surface area (Å²) in [7, 11) is 0. The first-order chi connectivity index (χ1) is 14.5. The number of hydrogen-bond donors (Lipinski definition) is 2. The van der Waals surface area contributed by atoms with Crippen LogP contribution in [-0.4, -0.2) is 17.1 Å². The number of aromatic carboxylic acids is 1. The number of amides is 2. The number of nitrogens with one attached hydrogen (secondary N) is 1. The number of furan rings is 1. The first-order valence-corrected chi connectivity index (χ1v) is 9.59. The van der Waals surface area contributed by atoms with Crippen LogP contribution in [0.25, 0.3) is 0 Å². The molecule has 0 saturated carbocycles. The van der Waals surface area contributed by atoms with E-state index in [1.807, 2.05) is 48.5 Å². The number of hydrogen-bond acceptors (Lipinski definition) is 3. The average Bonchev–Trinajstić information content (AvgIpc) is 3.25. The molecule has 30 heavy (non-hydrogen) atoms. The quantitative estimate of drug-likeness (QED) is 0.638. The van der Waals surface area contributed by atoms with Crippen LogP contribution in [0.2, 0.25) is 0 Å². The number of anilines is 1. The largest absolute Gasteiger partial charge is 0.475 e. The highest BCUT2D eigenvalue weighted by Crippen LogP contribution is 2.33. The van der Waals surface area contributed by atoms with Gasteiger partial charge in [-0.3, -0.25) is 4.90 Å². The van der Waals surface area contributed by atoms with E-state index in [2.05, 4.69) is 17.2 Å². The van der Waals surface area contributed by atoms with E-state index in [1.165, 1.54) is 6.07 Å². The fourth-order valence-corrected chi connectivity index (χ4v) is 3.45. The second-order valence-electron chi connectivity index (χ2n) is 7.02. The van der Waals surface area contributed by atoms with E-state index in [1.54, 1.807) is 17.9 Å². The Morgan fingerprint density at radius 3 is 2.73 bits per heavy atom. The van der Waals surface area contributed by atoms with E-state index >= 15 is 0 Å². The van der Waals surface area contributed by atoms with Gasteiger partial charge in [-0.1, -0.05) is 42.2 Å². The Balaban J connectivity index is 1.57. The van der Waals surface area contributed by atoms with Crippen molar-refractivity contribution in [1.29, 1.82) is 0 Å². The lowest BCUT2D eigenvalue weighted by Gasteiger charge is -2.33. The minimum absolute atomic E-state index is 0.154. The molecule has 6 nitrogen and oxygen atoms in total. The smallest absolute Gasteiger partial charge is 0.371 e. The van der Waals surface area contributed by atoms with Crippen LogP contribution in [0.3, 0.4) is 0 Å². The minimum atomic E-state index is -1.14. The van der Waals surface area contributed by atoms with Crippen molar-refractivity contribution in [3.05, 3.63) is 88.9 Å². The van der Waals surface area contributed by atoms with Crippen LogP contribution in [0.1, 0.15) is 46.0 Å². The predicted molar refractivity (Wildman–Crippen MR) is 112 cm³/mol. The van der Waals surface area contributed by atoms with Gasteiger partial charge in [0.2, 0.25) is 5.76 Å². The third kappa shape index (κ3) is 3.91. The van der Waals surface area contributed by atoms with E-state index in [0.29, 0.717) is 18.7 Å². The first-order valence-electron chi connectivity index (χ1n) is 9.59. The molecule has 3 aromatic rings. The second-order valence-corrected chi connectivity index (χ2v) is 7.02. The highest BCUT2D eigenvalue weighted by molar-refractivity contribution is 5.95. The molecule has 1 aliphatic heterocycles. The van der Waals surface area contributed by atoms with Gasteiger partial charge in [0.1, 0.15) is 5.76 Å². The van der Waals surface area contributed by atoms with Crippen LogP contribution < -0.4 is 10.2 Å². The molecule has 0 saturated heterocycles. The van der Waals surface area contributed by atoms with Crippen molar-refractivity contribution in [3.8, 4) is 11.8 Å². The molecule has 4 rings (SSSR count). The number of carboxylic acid groups (broad SMARTS) is 1. The van der Waals surface area contributed by atoms with Gasteiger partial charge in [-0.15, -0.1) is 0 Å². The molecule has 2 heterocycles. The van der Waals surface area contributed by atoms with E-state index in [-0.39, 0.29) is 11.8 Å². The van der Waals surface area contributed by atoms with Crippen LogP contribution in [0.5, 0.6) is 0 Å². The van der Waals surface area contributed by atoms with Gasteiger partial charge < -0.3 is 14.8 Å². The molecule has 0 radical (unpaired) electrons. The second kappa shape index (κ2) is 8.18. The summed E-state index contributed by atoms with van der Waals surface area (Å²) in [5, 5.41) is 11.9. The maximum absolute atomic E-state index is 12.6. The molecular formula is C24H20N2O4. The minimum Gasteiger partial charge on any atom is -0.475 e. The summed E-state index contributed by atoms with van der Waals surface area (Å²) in [5.41, 5.74) is 3.74. The fourth-order valence-electron chi connectivity index (χ4n) is 3.45. The zero-order chi connectivity index (χ0) is 21.1. The SMILES string of the molecule is CC(c1ccc(C(=O)O)o1)N1C(=O)NCc2cc(C#CCc3ccccc3)ccc21. The topological polar surface area (TPSA) is 82.8 Å². The predicted octanol–water partition coefficient (Wildman–Crippen LogP) is 4.36. The zero-order valence-electron chi connectivity index (χ0n) is 16.4. The summed E-state index contributed by atoms with van der Waals surface area (Å²) in [6, 6.07) is 18.0. The van der Waals surface area contributed by atoms with Crippen LogP contribution >= 0.6 is 0 Å². The maximum atomic E-state index is 12.6. The van der Waals surface area contributed by atoms with E-state index in [0.717, 1.165) is 22.4 Å². The molecule has 1 unspecified atom stereocenters. The Hall–Kier alpha value is -3.98. The lowest BCUT2D eigenvalue weighted by Crippen LogP contribution is -2.45. The van der Waals surface area contributed by atoms with Gasteiger partial charge in [-0.2, -0.15) is 0 Å². The number of carboxylic acids is 1. The molecule has 0 bridgehead atoms. The molecule has 1 aromatic heterocycles. The standard InChI is InChI=1S/C24H20N2O4/c1-16(21-12-13-22(30-21)23(27)28)26-20-11-10-18(14-19(20)15-25-24(26)29)9-5-8-17-6-3-2-4-7-17/h2-4,6-7,10-14,16H,8,15H2,1H3,(H,25,29)(H,27,28). The maximum Gasteiger partial charge on any atom is 0.371 e. The van der Waals surface area contributed by atoms with Crippen molar-refractivity contribution >= 4 is 17.7 Å². The van der Waals surface area contributed by atoms with Crippen molar-refractivity contribution < 1.29 is 19.1 Å². The van der Waals surface area contributed by atoms with Gasteiger partial charge in [-0.05, 0) is 48.4 Å². The highest BCUT2D eigenvalue weighted by Gasteiger charge is 2.31. The summed E-state index contributed by atoms with van der Waals surface area (Å²) in [6.45, 7) is 2.21. The summed E-state index contributed by atoms with van der Waals surface area (Å²) < 4.78 is 5.40. The van der Waals surface area contributed by atoms with Crippen molar-refractivity contribution in [3.63, 3.8) is 0 Å². The lowest BCUT2D eigenvalue weighted by atomic mass is 10.0. The Bertz CT molecular complexity index is 1150. The van der Waals surface area contributed by atoms with Crippen LogP contribution in [-0.2, 0) is 13.0 Å². The highest BCUT2D eigenvalue weighted by atomic mass is 16.4. The van der Waals surface area contributed by atoms with Crippen molar-refractivity contribution in [2.75, 3.05) is 4.90 Å². The van der Waals surface area contributed by atoms with Gasteiger partial charge in [0.25, 0.3) is 0 Å². The van der Waals surface area contributed by atoms with E-state index in [9.17, 15) is 9.59 Å². The Kier molecular flexibility index (Phi) is 5.27. The summed E-state index contributed by atoms with van der Waals surface area (Å²) >= 11 is 0. The number of carbonyl (C=O) groups is 2. The summed E-state index contributed by atoms with van der Waals surface area (Å²) in [5.74, 6) is 5.47. The molecule has 0 aliphatic carbocycles. The Morgan fingerprint density at radius 2 is 2.00 bits per heavy atom. The van der Waals surface area contributed by atoms with E-state index < -0.39 is 12.0 Å². The average molecular weight is 400 g/mol. The van der Waals surface area contributed by atoms with Gasteiger partial charge in [0.05, 0.1) is 11.7 Å². The fraction of sp³-hybridized carbons (Fsp3) is 0.167. The van der Waals surface area contributed by atoms with Crippen molar-refractivity contribution in [2.24, 2.45) is 0 Å². The Morgan fingerprint density at radius 1 is 1.20 bits per heavy atom. The van der Waals surface area contributed by atoms with Gasteiger partial charge in [0.15, 0.2) is 0 Å². The molecule has 0 fully saturated rings. The first kappa shape index (κ1) is 19.3. The molecule has 6 heteroatoms. The summed E-state index contributed by atoms with van der Waals surface area (Å²) in [4.78, 5) is 25.2.